The summed E-state index contributed by atoms with van der Waals surface area (Å²) in [6.45, 7) is 2.96. The maximum atomic E-state index is 5.91. The molecule has 0 aromatic heterocycles. The highest BCUT2D eigenvalue weighted by molar-refractivity contribution is 6.17. The fourth-order valence-electron chi connectivity index (χ4n) is 1.81. The first-order valence-corrected chi connectivity index (χ1v) is 6.27. The van der Waals surface area contributed by atoms with Gasteiger partial charge in [0.15, 0.2) is 0 Å². The van der Waals surface area contributed by atoms with Gasteiger partial charge in [0.25, 0.3) is 0 Å². The van der Waals surface area contributed by atoms with Gasteiger partial charge in [0.2, 0.25) is 0 Å². The summed E-state index contributed by atoms with van der Waals surface area (Å²) in [5.74, 6) is 0.539. The van der Waals surface area contributed by atoms with E-state index >= 15 is 0 Å². The third-order valence-corrected chi connectivity index (χ3v) is 3.18. The molecule has 1 N–H and O–H groups in total. The van der Waals surface area contributed by atoms with Crippen LogP contribution in [0.5, 0.6) is 0 Å². The standard InChI is InChI=1S/C15H16ClN/c1-12-6-2-3-8-14(12)11-17-15-9-5-4-7-13(15)10-16/h2-9,17H,10-11H2,1H3. The van der Waals surface area contributed by atoms with Crippen molar-refractivity contribution in [3.05, 3.63) is 65.2 Å². The van der Waals surface area contributed by atoms with Crippen LogP contribution in [-0.4, -0.2) is 0 Å². The van der Waals surface area contributed by atoms with Gasteiger partial charge in [-0.2, -0.15) is 0 Å². The van der Waals surface area contributed by atoms with Crippen LogP contribution in [0.4, 0.5) is 5.69 Å². The van der Waals surface area contributed by atoms with E-state index in [0.717, 1.165) is 17.8 Å². The number of hydrogen-bond donors (Lipinski definition) is 1. The minimum atomic E-state index is 0.539. The largest absolute Gasteiger partial charge is 0.381 e. The molecule has 2 aromatic rings. The normalized spacial score (nSPS) is 10.2. The van der Waals surface area contributed by atoms with Crippen LogP contribution in [0.25, 0.3) is 0 Å². The average Bonchev–Trinajstić information content (AvgIpc) is 2.38. The van der Waals surface area contributed by atoms with Crippen molar-refractivity contribution < 1.29 is 0 Å². The summed E-state index contributed by atoms with van der Waals surface area (Å²) in [6, 6.07) is 16.6. The zero-order valence-electron chi connectivity index (χ0n) is 9.91. The third-order valence-electron chi connectivity index (χ3n) is 2.89. The second-order valence-electron chi connectivity index (χ2n) is 4.07. The summed E-state index contributed by atoms with van der Waals surface area (Å²) in [5.41, 5.74) is 4.88. The molecule has 0 bridgehead atoms. The van der Waals surface area contributed by atoms with Crippen molar-refractivity contribution in [1.29, 1.82) is 0 Å². The van der Waals surface area contributed by atoms with Gasteiger partial charge in [-0.25, -0.2) is 0 Å². The van der Waals surface area contributed by atoms with Crippen LogP contribution in [0.15, 0.2) is 48.5 Å². The highest BCUT2D eigenvalue weighted by atomic mass is 35.5. The summed E-state index contributed by atoms with van der Waals surface area (Å²) < 4.78 is 0. The van der Waals surface area contributed by atoms with E-state index in [0.29, 0.717) is 5.88 Å². The fourth-order valence-corrected chi connectivity index (χ4v) is 2.04. The number of benzene rings is 2. The first kappa shape index (κ1) is 12.0. The monoisotopic (exact) mass is 245 g/mol. The predicted octanol–water partition coefficient (Wildman–Crippen LogP) is 4.35. The molecule has 0 amide bonds. The van der Waals surface area contributed by atoms with Crippen molar-refractivity contribution in [2.24, 2.45) is 0 Å². The van der Waals surface area contributed by atoms with Crippen molar-refractivity contribution in [2.75, 3.05) is 5.32 Å². The SMILES string of the molecule is Cc1ccccc1CNc1ccccc1CCl. The molecule has 0 saturated heterocycles. The van der Waals surface area contributed by atoms with Crippen LogP contribution in [0.1, 0.15) is 16.7 Å². The molecule has 0 spiro atoms. The Morgan fingerprint density at radius 2 is 1.59 bits per heavy atom. The second-order valence-corrected chi connectivity index (χ2v) is 4.34. The van der Waals surface area contributed by atoms with Crippen molar-refractivity contribution >= 4 is 17.3 Å². The fraction of sp³-hybridized carbons (Fsp3) is 0.200. The molecular weight excluding hydrogens is 230 g/mol. The van der Waals surface area contributed by atoms with Crippen LogP contribution < -0.4 is 5.32 Å². The van der Waals surface area contributed by atoms with Crippen molar-refractivity contribution in [3.63, 3.8) is 0 Å². The smallest absolute Gasteiger partial charge is 0.0494 e. The molecule has 0 unspecified atom stereocenters. The van der Waals surface area contributed by atoms with Gasteiger partial charge in [0, 0.05) is 18.1 Å². The molecule has 0 heterocycles. The van der Waals surface area contributed by atoms with Crippen LogP contribution in [0, 0.1) is 6.92 Å². The molecule has 88 valence electrons. The van der Waals surface area contributed by atoms with Gasteiger partial charge in [-0.15, -0.1) is 11.6 Å². The molecule has 0 saturated carbocycles. The minimum Gasteiger partial charge on any atom is -0.381 e. The van der Waals surface area contributed by atoms with E-state index in [1.807, 2.05) is 18.2 Å². The van der Waals surface area contributed by atoms with Gasteiger partial charge >= 0.3 is 0 Å². The first-order valence-electron chi connectivity index (χ1n) is 5.73. The Kier molecular flexibility index (Phi) is 4.05. The van der Waals surface area contributed by atoms with Gasteiger partial charge < -0.3 is 5.32 Å². The lowest BCUT2D eigenvalue weighted by Gasteiger charge is -2.11. The lowest BCUT2D eigenvalue weighted by Crippen LogP contribution is -2.02. The third kappa shape index (κ3) is 3.01. The van der Waals surface area contributed by atoms with E-state index in [9.17, 15) is 0 Å². The Hall–Kier alpha value is -1.47. The molecule has 0 atom stereocenters. The van der Waals surface area contributed by atoms with E-state index in [1.165, 1.54) is 11.1 Å². The number of rotatable bonds is 4. The Morgan fingerprint density at radius 1 is 0.941 bits per heavy atom. The second kappa shape index (κ2) is 5.74. The molecule has 17 heavy (non-hydrogen) atoms. The number of aryl methyl sites for hydroxylation is 1. The summed E-state index contributed by atoms with van der Waals surface area (Å²) in [5, 5.41) is 3.44. The van der Waals surface area contributed by atoms with Crippen LogP contribution in [-0.2, 0) is 12.4 Å². The number of hydrogen-bond acceptors (Lipinski definition) is 1. The molecule has 0 aliphatic carbocycles. The minimum absolute atomic E-state index is 0.539. The van der Waals surface area contributed by atoms with E-state index in [-0.39, 0.29) is 0 Å². The molecule has 0 aliphatic heterocycles. The Bertz CT molecular complexity index is 494. The van der Waals surface area contributed by atoms with Crippen molar-refractivity contribution in [3.8, 4) is 0 Å². The lowest BCUT2D eigenvalue weighted by atomic mass is 10.1. The van der Waals surface area contributed by atoms with E-state index in [4.69, 9.17) is 11.6 Å². The Balaban J connectivity index is 2.10. The topological polar surface area (TPSA) is 12.0 Å². The molecule has 0 aliphatic rings. The maximum absolute atomic E-state index is 5.91. The van der Waals surface area contributed by atoms with Crippen LogP contribution in [0.2, 0.25) is 0 Å². The number of alkyl halides is 1. The van der Waals surface area contributed by atoms with Crippen molar-refractivity contribution in [2.45, 2.75) is 19.3 Å². The Morgan fingerprint density at radius 3 is 2.29 bits per heavy atom. The molecule has 0 fully saturated rings. The summed E-state index contributed by atoms with van der Waals surface area (Å²) in [6.07, 6.45) is 0. The molecule has 2 rings (SSSR count). The van der Waals surface area contributed by atoms with Crippen LogP contribution >= 0.6 is 11.6 Å². The average molecular weight is 246 g/mol. The number of nitrogens with one attached hydrogen (secondary N) is 1. The zero-order valence-corrected chi connectivity index (χ0v) is 10.7. The Labute approximate surface area is 107 Å². The number of para-hydroxylation sites is 1. The molecule has 0 radical (unpaired) electrons. The quantitative estimate of drug-likeness (QED) is 0.790. The zero-order chi connectivity index (χ0) is 12.1. The van der Waals surface area contributed by atoms with Crippen LogP contribution in [0.3, 0.4) is 0 Å². The van der Waals surface area contributed by atoms with Gasteiger partial charge in [-0.3, -0.25) is 0 Å². The first-order chi connectivity index (χ1) is 8.31. The highest BCUT2D eigenvalue weighted by Crippen LogP contribution is 2.18. The number of anilines is 1. The van der Waals surface area contributed by atoms with Crippen molar-refractivity contribution in [1.82, 2.24) is 0 Å². The summed E-state index contributed by atoms with van der Waals surface area (Å²) in [7, 11) is 0. The maximum Gasteiger partial charge on any atom is 0.0494 e. The van der Waals surface area contributed by atoms with E-state index in [1.54, 1.807) is 0 Å². The lowest BCUT2D eigenvalue weighted by molar-refractivity contribution is 1.11. The molecule has 2 aromatic carbocycles. The molecule has 2 heteroatoms. The van der Waals surface area contributed by atoms with Gasteiger partial charge in [-0.05, 0) is 29.7 Å². The van der Waals surface area contributed by atoms with Gasteiger partial charge in [0.1, 0.15) is 0 Å². The van der Waals surface area contributed by atoms with Gasteiger partial charge in [-0.1, -0.05) is 42.5 Å². The summed E-state index contributed by atoms with van der Waals surface area (Å²) in [4.78, 5) is 0. The summed E-state index contributed by atoms with van der Waals surface area (Å²) >= 11 is 5.91. The predicted molar refractivity (Wildman–Crippen MR) is 74.5 cm³/mol. The number of halogens is 1. The van der Waals surface area contributed by atoms with Gasteiger partial charge in [0.05, 0.1) is 0 Å². The van der Waals surface area contributed by atoms with E-state index in [2.05, 4.69) is 42.6 Å². The highest BCUT2D eigenvalue weighted by Gasteiger charge is 2.01. The van der Waals surface area contributed by atoms with E-state index < -0.39 is 0 Å². The molecular formula is C15H16ClN. The molecule has 1 nitrogen and oxygen atoms in total.